The molecule has 0 aliphatic carbocycles. The Labute approximate surface area is 127 Å². The van der Waals surface area contributed by atoms with E-state index in [1.807, 2.05) is 0 Å². The van der Waals surface area contributed by atoms with Crippen LogP contribution >= 0.6 is 0 Å². The van der Waals surface area contributed by atoms with Gasteiger partial charge in [0.25, 0.3) is 0 Å². The molecule has 0 spiro atoms. The van der Waals surface area contributed by atoms with Crippen LogP contribution in [0, 0.1) is 0 Å². The van der Waals surface area contributed by atoms with Gasteiger partial charge in [-0.2, -0.15) is 4.31 Å². The summed E-state index contributed by atoms with van der Waals surface area (Å²) in [6.45, 7) is -0.515. The topological polar surface area (TPSA) is 130 Å². The van der Waals surface area contributed by atoms with Crippen molar-refractivity contribution < 1.29 is 72.6 Å². The molecule has 1 N–H and O–H groups in total. The van der Waals surface area contributed by atoms with Crippen LogP contribution in [0.2, 0.25) is 0 Å². The zero-order valence-electron chi connectivity index (χ0n) is 8.27. The van der Waals surface area contributed by atoms with Crippen molar-refractivity contribution in [1.82, 2.24) is 9.62 Å². The second-order valence-electron chi connectivity index (χ2n) is 2.72. The summed E-state index contributed by atoms with van der Waals surface area (Å²) in [4.78, 5) is 0. The molecule has 0 radical (unpaired) electrons. The molecule has 1 aliphatic heterocycles. The van der Waals surface area contributed by atoms with Crippen molar-refractivity contribution in [2.45, 2.75) is 5.37 Å². The van der Waals surface area contributed by atoms with E-state index in [1.165, 1.54) is 0 Å². The molecule has 0 aromatic heterocycles. The average molecular weight is 323 g/mol. The molecule has 12 heteroatoms. The quantitative estimate of drug-likeness (QED) is 0.396. The molecule has 0 saturated carbocycles. The van der Waals surface area contributed by atoms with E-state index in [9.17, 15) is 25.9 Å². The van der Waals surface area contributed by atoms with E-state index in [0.717, 1.165) is 0 Å². The summed E-state index contributed by atoms with van der Waals surface area (Å²) in [6.07, 6.45) is 0. The fourth-order valence-electron chi connectivity index (χ4n) is 1.16. The minimum absolute atomic E-state index is 0. The molecule has 90 valence electrons. The van der Waals surface area contributed by atoms with Crippen LogP contribution in [0.3, 0.4) is 0 Å². The van der Waals surface area contributed by atoms with Crippen LogP contribution in [0.1, 0.15) is 0 Å². The molecular weight excluding hydrogens is 315 g/mol. The van der Waals surface area contributed by atoms with Crippen molar-refractivity contribution >= 4 is 20.4 Å². The monoisotopic (exact) mass is 323 g/mol. The molecule has 8 nitrogen and oxygen atoms in total. The minimum Gasteiger partial charge on any atom is -0.747 e. The molecule has 1 aliphatic rings. The Morgan fingerprint density at radius 3 is 2.00 bits per heavy atom. The van der Waals surface area contributed by atoms with Crippen molar-refractivity contribution in [3.05, 3.63) is 0 Å². The third-order valence-electron chi connectivity index (χ3n) is 1.77. The van der Waals surface area contributed by atoms with Gasteiger partial charge < -0.3 is 14.4 Å². The Hall–Kier alpha value is 1.26. The Kier molecular flexibility index (Phi) is 8.57. The molecular formula is C4H8FeN2NaO6S2+. The maximum absolute atomic E-state index is 10.6. The van der Waals surface area contributed by atoms with Crippen LogP contribution in [-0.2, 0) is 37.5 Å². The van der Waals surface area contributed by atoms with Crippen molar-refractivity contribution in [1.29, 1.82) is 0 Å². The first kappa shape index (κ1) is 19.6. The number of hydrogen-bond donors (Lipinski definition) is 1. The van der Waals surface area contributed by atoms with E-state index < -0.39 is 25.8 Å². The van der Waals surface area contributed by atoms with E-state index in [1.54, 1.807) is 0 Å². The molecule has 1 fully saturated rings. The molecule has 0 aromatic carbocycles. The standard InChI is InChI=1S/C4H10N2O6S2.Fe.Na/c7-13(8,9)4-3-5-1-2-6(4)14(10,11)12;;/h4-5H,1-3H2,(H,7,8,9)(H,10,11,12);;/q;+2;+1/p-2. The van der Waals surface area contributed by atoms with Crippen LogP contribution < -0.4 is 34.9 Å². The van der Waals surface area contributed by atoms with Crippen molar-refractivity contribution in [3.8, 4) is 0 Å². The smallest absolute Gasteiger partial charge is 0.747 e. The largest absolute Gasteiger partial charge is 2.00 e. The second kappa shape index (κ2) is 7.00. The van der Waals surface area contributed by atoms with Gasteiger partial charge in [0.2, 0.25) is 0 Å². The number of nitrogens with one attached hydrogen (secondary N) is 1. The zero-order valence-corrected chi connectivity index (χ0v) is 13.0. The van der Waals surface area contributed by atoms with Gasteiger partial charge in [-0.1, -0.05) is 0 Å². The maximum atomic E-state index is 10.6. The summed E-state index contributed by atoms with van der Waals surface area (Å²) < 4.78 is 63.7. The number of nitrogens with zero attached hydrogens (tertiary/aromatic N) is 1. The summed E-state index contributed by atoms with van der Waals surface area (Å²) >= 11 is 0. The van der Waals surface area contributed by atoms with Gasteiger partial charge in [-0.25, -0.2) is 16.8 Å². The fourth-order valence-corrected chi connectivity index (χ4v) is 3.19. The number of rotatable bonds is 2. The second-order valence-corrected chi connectivity index (χ2v) is 5.57. The molecule has 1 atom stereocenters. The van der Waals surface area contributed by atoms with Crippen LogP contribution in [0.4, 0.5) is 0 Å². The van der Waals surface area contributed by atoms with Crippen LogP contribution in [0.25, 0.3) is 0 Å². The Morgan fingerprint density at radius 2 is 1.69 bits per heavy atom. The van der Waals surface area contributed by atoms with Crippen molar-refractivity contribution in [2.75, 3.05) is 19.6 Å². The van der Waals surface area contributed by atoms with Gasteiger partial charge in [-0.15, -0.1) is 0 Å². The number of hydrogen-bond acceptors (Lipinski definition) is 7. The molecule has 1 rings (SSSR count). The van der Waals surface area contributed by atoms with E-state index in [0.29, 0.717) is 0 Å². The van der Waals surface area contributed by atoms with E-state index in [4.69, 9.17) is 0 Å². The van der Waals surface area contributed by atoms with E-state index in [2.05, 4.69) is 5.32 Å². The van der Waals surface area contributed by atoms with Gasteiger partial charge in [0, 0.05) is 19.6 Å². The first-order chi connectivity index (χ1) is 6.23. The van der Waals surface area contributed by atoms with Gasteiger partial charge in [-0.05, 0) is 0 Å². The molecule has 16 heavy (non-hydrogen) atoms. The number of piperazine rings is 1. The summed E-state index contributed by atoms with van der Waals surface area (Å²) in [5.74, 6) is 0. The van der Waals surface area contributed by atoms with Crippen molar-refractivity contribution in [2.24, 2.45) is 0 Å². The Morgan fingerprint density at radius 1 is 1.19 bits per heavy atom. The molecule has 1 unspecified atom stereocenters. The summed E-state index contributed by atoms with van der Waals surface area (Å²) in [6, 6.07) is 0. The summed E-state index contributed by atoms with van der Waals surface area (Å²) in [7, 11) is -9.72. The summed E-state index contributed by atoms with van der Waals surface area (Å²) in [5.41, 5.74) is 0. The van der Waals surface area contributed by atoms with Crippen molar-refractivity contribution in [3.63, 3.8) is 0 Å². The van der Waals surface area contributed by atoms with Crippen LogP contribution in [0.5, 0.6) is 0 Å². The van der Waals surface area contributed by atoms with Gasteiger partial charge >= 0.3 is 46.6 Å². The van der Waals surface area contributed by atoms with Crippen LogP contribution in [-0.4, -0.2) is 55.3 Å². The average Bonchev–Trinajstić information content (AvgIpc) is 2.01. The minimum atomic E-state index is -4.89. The van der Waals surface area contributed by atoms with Gasteiger partial charge in [0.1, 0.15) is 15.5 Å². The third-order valence-corrected chi connectivity index (χ3v) is 4.00. The zero-order chi connectivity index (χ0) is 11.0. The van der Waals surface area contributed by atoms with Gasteiger partial charge in [0.05, 0.1) is 0 Å². The molecule has 0 bridgehead atoms. The normalized spacial score (nSPS) is 23.0. The fraction of sp³-hybridized carbons (Fsp3) is 1.00. The maximum Gasteiger partial charge on any atom is 2.00 e. The Balaban J connectivity index is 0. The first-order valence-corrected chi connectivity index (χ1v) is 6.44. The predicted octanol–water partition coefficient (Wildman–Crippen LogP) is -5.78. The van der Waals surface area contributed by atoms with E-state index in [-0.39, 0.29) is 70.6 Å². The molecule has 1 heterocycles. The third kappa shape index (κ3) is 5.27. The molecule has 1 saturated heterocycles. The van der Waals surface area contributed by atoms with Gasteiger partial charge in [0.15, 0.2) is 10.3 Å². The Bertz CT molecular complexity index is 370. The SMILES string of the molecule is O=S(=O)([O-])C1CNCCN1S(=O)(=O)[O-].[Fe+2].[Na+]. The molecule has 0 amide bonds. The first-order valence-electron chi connectivity index (χ1n) is 3.61. The van der Waals surface area contributed by atoms with Gasteiger partial charge in [-0.3, -0.25) is 0 Å². The van der Waals surface area contributed by atoms with E-state index >= 15 is 0 Å². The molecule has 0 aromatic rings. The summed E-state index contributed by atoms with van der Waals surface area (Å²) in [5, 5.41) is 0.685. The predicted molar refractivity (Wildman–Crippen MR) is 42.8 cm³/mol. The van der Waals surface area contributed by atoms with Crippen LogP contribution in [0.15, 0.2) is 0 Å².